The van der Waals surface area contributed by atoms with Gasteiger partial charge in [0, 0.05) is 11.9 Å². The van der Waals surface area contributed by atoms with E-state index in [1.807, 2.05) is 6.07 Å². The number of carbonyl (C=O) groups excluding carboxylic acids is 2. The lowest BCUT2D eigenvalue weighted by atomic mass is 10.2. The molecule has 0 saturated heterocycles. The molecule has 18 heavy (non-hydrogen) atoms. The third-order valence-corrected chi connectivity index (χ3v) is 1.93. The average molecular weight is 250 g/mol. The van der Waals surface area contributed by atoms with E-state index in [4.69, 9.17) is 4.74 Å². The summed E-state index contributed by atoms with van der Waals surface area (Å²) in [6.07, 6.45) is 1.25. The van der Waals surface area contributed by atoms with Gasteiger partial charge in [-0.25, -0.2) is 4.79 Å². The molecule has 0 bridgehead atoms. The lowest BCUT2D eigenvalue weighted by molar-refractivity contribution is -0.117. The minimum Gasteiger partial charge on any atom is -0.444 e. The maximum atomic E-state index is 11.6. The molecule has 1 N–H and O–H groups in total. The van der Waals surface area contributed by atoms with E-state index in [-0.39, 0.29) is 18.7 Å². The highest BCUT2D eigenvalue weighted by Crippen LogP contribution is 2.06. The van der Waals surface area contributed by atoms with Gasteiger partial charge in [0.2, 0.25) is 0 Å². The van der Waals surface area contributed by atoms with Crippen molar-refractivity contribution in [2.24, 2.45) is 0 Å². The number of hydrogen-bond acceptors (Lipinski definition) is 4. The first-order valence-electron chi connectivity index (χ1n) is 5.75. The summed E-state index contributed by atoms with van der Waals surface area (Å²) in [4.78, 5) is 26.9. The van der Waals surface area contributed by atoms with Gasteiger partial charge in [-0.2, -0.15) is 0 Å². The van der Waals surface area contributed by atoms with Gasteiger partial charge in [-0.1, -0.05) is 6.07 Å². The zero-order chi connectivity index (χ0) is 13.6. The van der Waals surface area contributed by atoms with Crippen LogP contribution in [0, 0.1) is 0 Å². The van der Waals surface area contributed by atoms with Gasteiger partial charge in [0.1, 0.15) is 5.60 Å². The van der Waals surface area contributed by atoms with Gasteiger partial charge >= 0.3 is 6.09 Å². The number of hydrogen-bond donors (Lipinski definition) is 1. The Morgan fingerprint density at radius 3 is 2.61 bits per heavy atom. The fraction of sp³-hybridized carbons (Fsp3) is 0.462. The first kappa shape index (κ1) is 14.2. The number of Topliss-reactive ketones (excluding diaryl/α,β-unsaturated/α-hetero) is 1. The molecule has 0 radical (unpaired) electrons. The lowest BCUT2D eigenvalue weighted by Crippen LogP contribution is -2.35. The Labute approximate surface area is 107 Å². The van der Waals surface area contributed by atoms with Gasteiger partial charge < -0.3 is 10.1 Å². The number of rotatable bonds is 4. The Hall–Kier alpha value is -1.91. The summed E-state index contributed by atoms with van der Waals surface area (Å²) in [5.41, 5.74) is 0.127. The van der Waals surface area contributed by atoms with Crippen LogP contribution in [0.4, 0.5) is 4.79 Å². The van der Waals surface area contributed by atoms with Crippen molar-refractivity contribution in [3.8, 4) is 0 Å². The fourth-order valence-electron chi connectivity index (χ4n) is 1.25. The van der Waals surface area contributed by atoms with Crippen LogP contribution in [0.25, 0.3) is 0 Å². The SMILES string of the molecule is CC(C)(C)OC(=O)NCC(=O)Cc1ccccn1. The van der Waals surface area contributed by atoms with Crippen LogP contribution in [0.5, 0.6) is 0 Å². The Morgan fingerprint density at radius 2 is 2.06 bits per heavy atom. The summed E-state index contributed by atoms with van der Waals surface area (Å²) in [6, 6.07) is 5.37. The molecular formula is C13H18N2O3. The van der Waals surface area contributed by atoms with E-state index in [0.717, 1.165) is 0 Å². The number of ketones is 1. The summed E-state index contributed by atoms with van der Waals surface area (Å²) < 4.78 is 5.02. The summed E-state index contributed by atoms with van der Waals surface area (Å²) in [5, 5.41) is 2.42. The van der Waals surface area contributed by atoms with E-state index in [1.54, 1.807) is 39.1 Å². The number of pyridine rings is 1. The molecule has 0 aliphatic carbocycles. The Morgan fingerprint density at radius 1 is 1.33 bits per heavy atom. The molecule has 1 rings (SSSR count). The Balaban J connectivity index is 2.32. The number of alkyl carbamates (subject to hydrolysis) is 1. The zero-order valence-electron chi connectivity index (χ0n) is 10.9. The van der Waals surface area contributed by atoms with E-state index >= 15 is 0 Å². The molecule has 0 atom stereocenters. The predicted molar refractivity (Wildman–Crippen MR) is 67.2 cm³/mol. The summed E-state index contributed by atoms with van der Waals surface area (Å²) in [7, 11) is 0. The molecule has 1 aromatic rings. The average Bonchev–Trinajstić information content (AvgIpc) is 2.25. The number of carbonyl (C=O) groups is 2. The largest absolute Gasteiger partial charge is 0.444 e. The van der Waals surface area contributed by atoms with Crippen LogP contribution in [0.3, 0.4) is 0 Å². The second-order valence-corrected chi connectivity index (χ2v) is 4.89. The van der Waals surface area contributed by atoms with Crippen molar-refractivity contribution in [3.63, 3.8) is 0 Å². The van der Waals surface area contributed by atoms with Gasteiger partial charge in [0.05, 0.1) is 13.0 Å². The fourth-order valence-corrected chi connectivity index (χ4v) is 1.25. The van der Waals surface area contributed by atoms with Crippen molar-refractivity contribution >= 4 is 11.9 Å². The first-order chi connectivity index (χ1) is 8.37. The number of amides is 1. The molecule has 98 valence electrons. The molecule has 5 nitrogen and oxygen atoms in total. The van der Waals surface area contributed by atoms with Crippen LogP contribution in [0.2, 0.25) is 0 Å². The maximum absolute atomic E-state index is 11.6. The van der Waals surface area contributed by atoms with Crippen LogP contribution >= 0.6 is 0 Å². The molecule has 5 heteroatoms. The number of nitrogens with one attached hydrogen (secondary N) is 1. The first-order valence-corrected chi connectivity index (χ1v) is 5.75. The van der Waals surface area contributed by atoms with Crippen molar-refractivity contribution in [2.45, 2.75) is 32.8 Å². The predicted octanol–water partition coefficient (Wildman–Crippen LogP) is 1.72. The molecule has 0 unspecified atom stereocenters. The van der Waals surface area contributed by atoms with Crippen LogP contribution in [-0.2, 0) is 16.0 Å². The number of nitrogens with zero attached hydrogens (tertiary/aromatic N) is 1. The highest BCUT2D eigenvalue weighted by Gasteiger charge is 2.16. The summed E-state index contributed by atoms with van der Waals surface area (Å²) in [5.74, 6) is -0.112. The molecule has 0 aliphatic rings. The minimum atomic E-state index is -0.586. The minimum absolute atomic E-state index is 0.0501. The Kier molecular flexibility index (Phi) is 4.83. The molecule has 0 aliphatic heterocycles. The molecule has 1 amide bonds. The lowest BCUT2D eigenvalue weighted by Gasteiger charge is -2.19. The second-order valence-electron chi connectivity index (χ2n) is 4.89. The second kappa shape index (κ2) is 6.14. The van der Waals surface area contributed by atoms with Crippen LogP contribution in [0.1, 0.15) is 26.5 Å². The van der Waals surface area contributed by atoms with Gasteiger partial charge in [-0.05, 0) is 32.9 Å². The smallest absolute Gasteiger partial charge is 0.408 e. The van der Waals surface area contributed by atoms with E-state index < -0.39 is 11.7 Å². The van der Waals surface area contributed by atoms with Gasteiger partial charge in [0.15, 0.2) is 5.78 Å². The highest BCUT2D eigenvalue weighted by molar-refractivity contribution is 5.85. The van der Waals surface area contributed by atoms with Crippen LogP contribution in [-0.4, -0.2) is 29.0 Å². The van der Waals surface area contributed by atoms with Crippen molar-refractivity contribution in [1.82, 2.24) is 10.3 Å². The van der Waals surface area contributed by atoms with Crippen molar-refractivity contribution in [2.75, 3.05) is 6.54 Å². The summed E-state index contributed by atoms with van der Waals surface area (Å²) in [6.45, 7) is 5.25. The number of aromatic nitrogens is 1. The van der Waals surface area contributed by atoms with Gasteiger partial charge in [-0.3, -0.25) is 9.78 Å². The zero-order valence-corrected chi connectivity index (χ0v) is 10.9. The van der Waals surface area contributed by atoms with Crippen LogP contribution in [0.15, 0.2) is 24.4 Å². The highest BCUT2D eigenvalue weighted by atomic mass is 16.6. The molecule has 1 heterocycles. The molecule has 0 saturated carbocycles. The quantitative estimate of drug-likeness (QED) is 0.883. The standard InChI is InChI=1S/C13H18N2O3/c1-13(2,3)18-12(17)15-9-11(16)8-10-6-4-5-7-14-10/h4-7H,8-9H2,1-3H3,(H,15,17). The molecule has 0 spiro atoms. The molecule has 1 aromatic heterocycles. The maximum Gasteiger partial charge on any atom is 0.408 e. The molecule has 0 fully saturated rings. The van der Waals surface area contributed by atoms with Crippen molar-refractivity contribution in [3.05, 3.63) is 30.1 Å². The topological polar surface area (TPSA) is 68.3 Å². The monoisotopic (exact) mass is 250 g/mol. The van der Waals surface area contributed by atoms with Gasteiger partial charge in [-0.15, -0.1) is 0 Å². The molecule has 0 aromatic carbocycles. The summed E-state index contributed by atoms with van der Waals surface area (Å²) >= 11 is 0. The normalized spacial score (nSPS) is 10.8. The number of ether oxygens (including phenoxy) is 1. The van der Waals surface area contributed by atoms with E-state index in [0.29, 0.717) is 5.69 Å². The van der Waals surface area contributed by atoms with E-state index in [2.05, 4.69) is 10.3 Å². The third-order valence-electron chi connectivity index (χ3n) is 1.93. The molecular weight excluding hydrogens is 232 g/mol. The van der Waals surface area contributed by atoms with Gasteiger partial charge in [0.25, 0.3) is 0 Å². The van der Waals surface area contributed by atoms with E-state index in [1.165, 1.54) is 0 Å². The van der Waals surface area contributed by atoms with Crippen LogP contribution < -0.4 is 5.32 Å². The van der Waals surface area contributed by atoms with Crippen molar-refractivity contribution < 1.29 is 14.3 Å². The Bertz CT molecular complexity index is 410. The van der Waals surface area contributed by atoms with E-state index in [9.17, 15) is 9.59 Å². The van der Waals surface area contributed by atoms with Crippen molar-refractivity contribution in [1.29, 1.82) is 0 Å². The third kappa shape index (κ3) is 5.98.